The Hall–Kier alpha value is -2.54. The predicted molar refractivity (Wildman–Crippen MR) is 105 cm³/mol. The number of nitrogens with zero attached hydrogens (tertiary/aromatic N) is 5. The summed E-state index contributed by atoms with van der Waals surface area (Å²) in [5.41, 5.74) is 1.96. The first-order valence-corrected chi connectivity index (χ1v) is 10.2. The molecule has 1 unspecified atom stereocenters. The highest BCUT2D eigenvalue weighted by atomic mass is 32.1. The highest BCUT2D eigenvalue weighted by Gasteiger charge is 2.27. The maximum absolute atomic E-state index is 12.6. The normalized spacial score (nSPS) is 17.2. The number of thiophene rings is 1. The van der Waals surface area contributed by atoms with Crippen molar-refractivity contribution < 1.29 is 4.79 Å². The number of amides is 1. The lowest BCUT2D eigenvalue weighted by Crippen LogP contribution is -2.39. The van der Waals surface area contributed by atoms with E-state index in [0.717, 1.165) is 41.5 Å². The van der Waals surface area contributed by atoms with Crippen molar-refractivity contribution in [3.8, 4) is 10.6 Å². The van der Waals surface area contributed by atoms with Gasteiger partial charge in [-0.25, -0.2) is 15.0 Å². The number of piperidine rings is 1. The van der Waals surface area contributed by atoms with Crippen LogP contribution in [0.3, 0.4) is 0 Å². The van der Waals surface area contributed by atoms with E-state index < -0.39 is 0 Å². The summed E-state index contributed by atoms with van der Waals surface area (Å²) < 4.78 is 1.94. The summed E-state index contributed by atoms with van der Waals surface area (Å²) in [4.78, 5) is 29.3. The molecule has 0 saturated carbocycles. The van der Waals surface area contributed by atoms with Crippen molar-refractivity contribution in [2.45, 2.75) is 38.6 Å². The molecule has 3 aromatic rings. The van der Waals surface area contributed by atoms with Crippen LogP contribution in [0.5, 0.6) is 0 Å². The molecular formula is C20H23N5OS. The Morgan fingerprint density at radius 3 is 3.07 bits per heavy atom. The average Bonchev–Trinajstić information content (AvgIpc) is 3.39. The van der Waals surface area contributed by atoms with E-state index in [1.807, 2.05) is 34.7 Å². The number of rotatable bonds is 5. The SMILES string of the molecule is Cc1cc(-c2cccs2)nc(C2CCCN(C(=O)CCn3ccnc3)C2)n1. The molecule has 1 fully saturated rings. The molecule has 4 heterocycles. The molecule has 3 aromatic heterocycles. The minimum absolute atomic E-state index is 0.194. The van der Waals surface area contributed by atoms with Crippen molar-refractivity contribution in [2.75, 3.05) is 13.1 Å². The Labute approximate surface area is 162 Å². The quantitative estimate of drug-likeness (QED) is 0.678. The van der Waals surface area contributed by atoms with Crippen molar-refractivity contribution in [2.24, 2.45) is 0 Å². The summed E-state index contributed by atoms with van der Waals surface area (Å²) in [6, 6.07) is 6.16. The molecule has 1 aliphatic heterocycles. The molecule has 0 aliphatic carbocycles. The minimum Gasteiger partial charge on any atom is -0.342 e. The Kier molecular flexibility index (Phi) is 5.29. The lowest BCUT2D eigenvalue weighted by Gasteiger charge is -2.32. The van der Waals surface area contributed by atoms with Gasteiger partial charge in [0.15, 0.2) is 0 Å². The fraction of sp³-hybridized carbons (Fsp3) is 0.400. The molecule has 4 rings (SSSR count). The zero-order valence-electron chi connectivity index (χ0n) is 15.4. The summed E-state index contributed by atoms with van der Waals surface area (Å²) in [6.45, 7) is 4.21. The van der Waals surface area contributed by atoms with Crippen LogP contribution in [0.4, 0.5) is 0 Å². The minimum atomic E-state index is 0.194. The van der Waals surface area contributed by atoms with Gasteiger partial charge >= 0.3 is 0 Å². The van der Waals surface area contributed by atoms with Crippen LogP contribution in [-0.4, -0.2) is 43.4 Å². The van der Waals surface area contributed by atoms with Gasteiger partial charge in [-0.05, 0) is 37.3 Å². The molecule has 1 atom stereocenters. The number of carbonyl (C=O) groups excluding carboxylic acids is 1. The maximum atomic E-state index is 12.6. The van der Waals surface area contributed by atoms with Crippen LogP contribution in [0, 0.1) is 6.92 Å². The monoisotopic (exact) mass is 381 g/mol. The Bertz CT molecular complexity index is 891. The number of likely N-dealkylation sites (tertiary alicyclic amines) is 1. The van der Waals surface area contributed by atoms with Crippen LogP contribution in [0.15, 0.2) is 42.3 Å². The van der Waals surface area contributed by atoms with Gasteiger partial charge in [-0.15, -0.1) is 11.3 Å². The lowest BCUT2D eigenvalue weighted by molar-refractivity contribution is -0.132. The smallest absolute Gasteiger partial charge is 0.224 e. The van der Waals surface area contributed by atoms with E-state index in [9.17, 15) is 4.79 Å². The second kappa shape index (κ2) is 8.00. The van der Waals surface area contributed by atoms with Gasteiger partial charge in [0.2, 0.25) is 5.91 Å². The standard InChI is InChI=1S/C20H23N5OS/c1-15-12-17(18-5-3-11-27-18)23-20(22-15)16-4-2-8-25(13-16)19(26)6-9-24-10-7-21-14-24/h3,5,7,10-12,14,16H,2,4,6,8-9,13H2,1H3. The lowest BCUT2D eigenvalue weighted by atomic mass is 9.96. The van der Waals surface area contributed by atoms with Gasteiger partial charge in [0.25, 0.3) is 0 Å². The molecule has 1 aliphatic rings. The van der Waals surface area contributed by atoms with Crippen molar-refractivity contribution in [3.05, 3.63) is 53.8 Å². The maximum Gasteiger partial charge on any atom is 0.224 e. The van der Waals surface area contributed by atoms with E-state index in [0.29, 0.717) is 19.5 Å². The van der Waals surface area contributed by atoms with Crippen LogP contribution in [-0.2, 0) is 11.3 Å². The zero-order valence-corrected chi connectivity index (χ0v) is 16.2. The van der Waals surface area contributed by atoms with Gasteiger partial charge in [0, 0.05) is 50.1 Å². The largest absolute Gasteiger partial charge is 0.342 e. The molecular weight excluding hydrogens is 358 g/mol. The first-order chi connectivity index (χ1) is 13.2. The summed E-state index contributed by atoms with van der Waals surface area (Å²) in [5.74, 6) is 1.26. The molecule has 0 aromatic carbocycles. The third kappa shape index (κ3) is 4.24. The number of aryl methyl sites for hydroxylation is 2. The third-order valence-electron chi connectivity index (χ3n) is 4.93. The van der Waals surface area contributed by atoms with Gasteiger partial charge in [-0.3, -0.25) is 4.79 Å². The first kappa shape index (κ1) is 17.9. The van der Waals surface area contributed by atoms with Crippen molar-refractivity contribution in [1.82, 2.24) is 24.4 Å². The van der Waals surface area contributed by atoms with E-state index in [-0.39, 0.29) is 11.8 Å². The van der Waals surface area contributed by atoms with E-state index in [2.05, 4.69) is 16.4 Å². The Morgan fingerprint density at radius 1 is 1.37 bits per heavy atom. The number of carbonyl (C=O) groups is 1. The van der Waals surface area contributed by atoms with Crippen LogP contribution in [0.25, 0.3) is 10.6 Å². The van der Waals surface area contributed by atoms with E-state index in [1.165, 1.54) is 0 Å². The van der Waals surface area contributed by atoms with Gasteiger partial charge in [0.1, 0.15) is 5.82 Å². The predicted octanol–water partition coefficient (Wildman–Crippen LogP) is 3.51. The van der Waals surface area contributed by atoms with Crippen molar-refractivity contribution in [1.29, 1.82) is 0 Å². The number of aromatic nitrogens is 4. The zero-order chi connectivity index (χ0) is 18.6. The molecule has 1 amide bonds. The van der Waals surface area contributed by atoms with Gasteiger partial charge in [-0.1, -0.05) is 6.07 Å². The third-order valence-corrected chi connectivity index (χ3v) is 5.82. The highest BCUT2D eigenvalue weighted by molar-refractivity contribution is 7.13. The second-order valence-corrected chi connectivity index (χ2v) is 7.91. The fourth-order valence-corrected chi connectivity index (χ4v) is 4.23. The van der Waals surface area contributed by atoms with Crippen molar-refractivity contribution in [3.63, 3.8) is 0 Å². The molecule has 7 heteroatoms. The summed E-state index contributed by atoms with van der Waals surface area (Å²) in [5, 5.41) is 2.06. The number of hydrogen-bond donors (Lipinski definition) is 0. The molecule has 6 nitrogen and oxygen atoms in total. The van der Waals surface area contributed by atoms with Gasteiger partial charge < -0.3 is 9.47 Å². The van der Waals surface area contributed by atoms with E-state index >= 15 is 0 Å². The first-order valence-electron chi connectivity index (χ1n) is 9.32. The molecule has 1 saturated heterocycles. The van der Waals surface area contributed by atoms with Crippen LogP contribution >= 0.6 is 11.3 Å². The molecule has 27 heavy (non-hydrogen) atoms. The van der Waals surface area contributed by atoms with Gasteiger partial charge in [-0.2, -0.15) is 0 Å². The van der Waals surface area contributed by atoms with Gasteiger partial charge in [0.05, 0.1) is 16.9 Å². The summed E-state index contributed by atoms with van der Waals surface area (Å²) >= 11 is 1.69. The molecule has 0 radical (unpaired) electrons. The molecule has 140 valence electrons. The van der Waals surface area contributed by atoms with E-state index in [1.54, 1.807) is 23.9 Å². The Balaban J connectivity index is 1.45. The van der Waals surface area contributed by atoms with Crippen molar-refractivity contribution >= 4 is 17.2 Å². The topological polar surface area (TPSA) is 63.9 Å². The molecule has 0 bridgehead atoms. The highest BCUT2D eigenvalue weighted by Crippen LogP contribution is 2.29. The second-order valence-electron chi connectivity index (χ2n) is 6.96. The number of imidazole rings is 1. The molecule has 0 spiro atoms. The molecule has 0 N–H and O–H groups in total. The van der Waals surface area contributed by atoms with E-state index in [4.69, 9.17) is 9.97 Å². The summed E-state index contributed by atoms with van der Waals surface area (Å²) in [6.07, 6.45) is 7.89. The van der Waals surface area contributed by atoms with Crippen LogP contribution in [0.1, 0.15) is 36.7 Å². The number of hydrogen-bond acceptors (Lipinski definition) is 5. The van der Waals surface area contributed by atoms with Crippen LogP contribution < -0.4 is 0 Å². The van der Waals surface area contributed by atoms with Crippen LogP contribution in [0.2, 0.25) is 0 Å². The fourth-order valence-electron chi connectivity index (χ4n) is 3.54. The average molecular weight is 382 g/mol. The summed E-state index contributed by atoms with van der Waals surface area (Å²) in [7, 11) is 0. The Morgan fingerprint density at radius 2 is 2.30 bits per heavy atom.